The molecular formula is C21H20N2O4. The molecule has 0 saturated heterocycles. The molecular weight excluding hydrogens is 344 g/mol. The Morgan fingerprint density at radius 1 is 1.04 bits per heavy atom. The predicted molar refractivity (Wildman–Crippen MR) is 102 cm³/mol. The molecule has 1 amide bonds. The maximum absolute atomic E-state index is 12.8. The molecule has 1 N–H and O–H groups in total. The van der Waals surface area contributed by atoms with Gasteiger partial charge in [0.15, 0.2) is 0 Å². The molecule has 0 saturated carbocycles. The lowest BCUT2D eigenvalue weighted by Crippen LogP contribution is -2.43. The van der Waals surface area contributed by atoms with Crippen LogP contribution < -0.4 is 10.1 Å². The van der Waals surface area contributed by atoms with E-state index in [1.807, 2.05) is 36.4 Å². The second-order valence-electron chi connectivity index (χ2n) is 5.99. The average molecular weight is 364 g/mol. The maximum atomic E-state index is 12.8. The summed E-state index contributed by atoms with van der Waals surface area (Å²) in [6.07, 6.45) is 1.87. The van der Waals surface area contributed by atoms with Crippen molar-refractivity contribution in [1.29, 1.82) is 0 Å². The van der Waals surface area contributed by atoms with Crippen LogP contribution in [-0.4, -0.2) is 37.1 Å². The van der Waals surface area contributed by atoms with Crippen molar-refractivity contribution in [2.24, 2.45) is 0 Å². The number of benzene rings is 2. The van der Waals surface area contributed by atoms with Gasteiger partial charge >= 0.3 is 5.97 Å². The van der Waals surface area contributed by atoms with Crippen LogP contribution in [0, 0.1) is 0 Å². The lowest BCUT2D eigenvalue weighted by Gasteiger charge is -2.17. The van der Waals surface area contributed by atoms with Gasteiger partial charge in [-0.05, 0) is 22.4 Å². The molecule has 3 aromatic rings. The third kappa shape index (κ3) is 4.23. The summed E-state index contributed by atoms with van der Waals surface area (Å²) in [4.78, 5) is 29.1. The third-order valence-electron chi connectivity index (χ3n) is 4.27. The van der Waals surface area contributed by atoms with Crippen LogP contribution in [0.4, 0.5) is 0 Å². The van der Waals surface area contributed by atoms with Crippen molar-refractivity contribution >= 4 is 22.6 Å². The number of amides is 1. The molecule has 0 aliphatic heterocycles. The zero-order chi connectivity index (χ0) is 19.2. The van der Waals surface area contributed by atoms with Crippen molar-refractivity contribution in [1.82, 2.24) is 10.3 Å². The van der Waals surface area contributed by atoms with E-state index in [9.17, 15) is 9.59 Å². The van der Waals surface area contributed by atoms with Gasteiger partial charge < -0.3 is 14.8 Å². The van der Waals surface area contributed by atoms with Crippen LogP contribution in [0.3, 0.4) is 0 Å². The quantitative estimate of drug-likeness (QED) is 0.681. The van der Waals surface area contributed by atoms with Crippen LogP contribution in [0.15, 0.2) is 60.8 Å². The van der Waals surface area contributed by atoms with E-state index in [0.717, 1.165) is 16.3 Å². The highest BCUT2D eigenvalue weighted by Gasteiger charge is 2.23. The number of ether oxygens (including phenoxy) is 2. The van der Waals surface area contributed by atoms with Crippen molar-refractivity contribution in [2.45, 2.75) is 12.5 Å². The number of nitrogens with one attached hydrogen (secondary N) is 1. The van der Waals surface area contributed by atoms with Crippen molar-refractivity contribution < 1.29 is 19.1 Å². The normalized spacial score (nSPS) is 11.6. The number of methoxy groups -OCH3 is 2. The summed E-state index contributed by atoms with van der Waals surface area (Å²) in [5, 5.41) is 4.56. The van der Waals surface area contributed by atoms with E-state index in [-0.39, 0.29) is 12.3 Å². The molecule has 3 rings (SSSR count). The van der Waals surface area contributed by atoms with Gasteiger partial charge in [-0.1, -0.05) is 42.5 Å². The Morgan fingerprint density at radius 2 is 1.81 bits per heavy atom. The van der Waals surface area contributed by atoms with Gasteiger partial charge in [0.25, 0.3) is 5.91 Å². The Hall–Kier alpha value is -3.41. The van der Waals surface area contributed by atoms with E-state index in [2.05, 4.69) is 10.3 Å². The summed E-state index contributed by atoms with van der Waals surface area (Å²) in [6, 6.07) is 15.8. The van der Waals surface area contributed by atoms with Crippen molar-refractivity contribution in [3.8, 4) is 5.88 Å². The van der Waals surface area contributed by atoms with Crippen molar-refractivity contribution in [3.05, 3.63) is 71.9 Å². The first kappa shape index (κ1) is 18.4. The fourth-order valence-corrected chi connectivity index (χ4v) is 2.88. The number of carbonyl (C=O) groups excluding carboxylic acids is 2. The Labute approximate surface area is 157 Å². The Bertz CT molecular complexity index is 949. The first-order chi connectivity index (χ1) is 13.1. The van der Waals surface area contributed by atoms with Gasteiger partial charge in [-0.2, -0.15) is 0 Å². The van der Waals surface area contributed by atoms with Gasteiger partial charge in [0.2, 0.25) is 5.88 Å². The number of hydrogen-bond acceptors (Lipinski definition) is 5. The summed E-state index contributed by atoms with van der Waals surface area (Å²) >= 11 is 0. The first-order valence-corrected chi connectivity index (χ1v) is 8.47. The molecule has 6 nitrogen and oxygen atoms in total. The van der Waals surface area contributed by atoms with Gasteiger partial charge in [-0.15, -0.1) is 0 Å². The van der Waals surface area contributed by atoms with E-state index < -0.39 is 12.0 Å². The number of pyridine rings is 1. The molecule has 1 atom stereocenters. The van der Waals surface area contributed by atoms with E-state index in [1.165, 1.54) is 14.2 Å². The van der Waals surface area contributed by atoms with Gasteiger partial charge in [0, 0.05) is 24.2 Å². The van der Waals surface area contributed by atoms with Crippen molar-refractivity contribution in [2.75, 3.05) is 14.2 Å². The molecule has 138 valence electrons. The molecule has 0 aliphatic rings. The minimum absolute atomic E-state index is 0.264. The first-order valence-electron chi connectivity index (χ1n) is 8.47. The molecule has 0 spiro atoms. The molecule has 27 heavy (non-hydrogen) atoms. The summed E-state index contributed by atoms with van der Waals surface area (Å²) in [6.45, 7) is 0. The number of aromatic nitrogens is 1. The zero-order valence-electron chi connectivity index (χ0n) is 15.1. The molecule has 0 radical (unpaired) electrons. The van der Waals surface area contributed by atoms with Gasteiger partial charge in [0.05, 0.1) is 14.2 Å². The Morgan fingerprint density at radius 3 is 2.52 bits per heavy atom. The SMILES string of the molecule is COC(=O)[C@H](Cc1ccc(OC)nc1)NC(=O)c1cccc2ccccc12. The zero-order valence-corrected chi connectivity index (χ0v) is 15.1. The molecule has 2 aromatic carbocycles. The summed E-state index contributed by atoms with van der Waals surface area (Å²) in [5.41, 5.74) is 1.29. The average Bonchev–Trinajstić information content (AvgIpc) is 2.72. The minimum Gasteiger partial charge on any atom is -0.481 e. The number of hydrogen-bond donors (Lipinski definition) is 1. The van der Waals surface area contributed by atoms with Crippen LogP contribution in [0.5, 0.6) is 5.88 Å². The van der Waals surface area contributed by atoms with Gasteiger partial charge in [0.1, 0.15) is 6.04 Å². The monoisotopic (exact) mass is 364 g/mol. The largest absolute Gasteiger partial charge is 0.481 e. The van der Waals surface area contributed by atoms with Crippen LogP contribution in [0.1, 0.15) is 15.9 Å². The molecule has 0 fully saturated rings. The lowest BCUT2D eigenvalue weighted by atomic mass is 10.0. The number of fused-ring (bicyclic) bond motifs is 1. The smallest absolute Gasteiger partial charge is 0.328 e. The Balaban J connectivity index is 1.83. The highest BCUT2D eigenvalue weighted by Crippen LogP contribution is 2.19. The van der Waals surface area contributed by atoms with Crippen LogP contribution in [-0.2, 0) is 16.0 Å². The van der Waals surface area contributed by atoms with Crippen LogP contribution in [0.25, 0.3) is 10.8 Å². The van der Waals surface area contributed by atoms with Crippen molar-refractivity contribution in [3.63, 3.8) is 0 Å². The second-order valence-corrected chi connectivity index (χ2v) is 5.99. The highest BCUT2D eigenvalue weighted by atomic mass is 16.5. The lowest BCUT2D eigenvalue weighted by molar-refractivity contribution is -0.142. The topological polar surface area (TPSA) is 77.5 Å². The number of carbonyl (C=O) groups is 2. The molecule has 1 aromatic heterocycles. The number of nitrogens with zero attached hydrogens (tertiary/aromatic N) is 1. The highest BCUT2D eigenvalue weighted by molar-refractivity contribution is 6.08. The van der Waals surface area contributed by atoms with Crippen LogP contribution >= 0.6 is 0 Å². The standard InChI is InChI=1S/C21H20N2O4/c1-26-19-11-10-14(13-22-19)12-18(21(25)27-2)23-20(24)17-9-5-7-15-6-3-4-8-16(15)17/h3-11,13,18H,12H2,1-2H3,(H,23,24)/t18-/m0/s1. The fourth-order valence-electron chi connectivity index (χ4n) is 2.88. The summed E-state index contributed by atoms with van der Waals surface area (Å²) in [7, 11) is 2.83. The van der Waals surface area contributed by atoms with E-state index in [1.54, 1.807) is 24.4 Å². The molecule has 0 aliphatic carbocycles. The predicted octanol–water partition coefficient (Wildman–Crippen LogP) is 2.76. The van der Waals surface area contributed by atoms with Gasteiger partial charge in [-0.3, -0.25) is 4.79 Å². The number of esters is 1. The summed E-state index contributed by atoms with van der Waals surface area (Å²) in [5.74, 6) is -0.365. The summed E-state index contributed by atoms with van der Waals surface area (Å²) < 4.78 is 9.89. The second kappa shape index (κ2) is 8.31. The van der Waals surface area contributed by atoms with E-state index >= 15 is 0 Å². The third-order valence-corrected chi connectivity index (χ3v) is 4.27. The Kier molecular flexibility index (Phi) is 5.66. The van der Waals surface area contributed by atoms with E-state index in [4.69, 9.17) is 9.47 Å². The fraction of sp³-hybridized carbons (Fsp3) is 0.190. The molecule has 1 heterocycles. The molecule has 0 unspecified atom stereocenters. The minimum atomic E-state index is -0.823. The molecule has 6 heteroatoms. The molecule has 0 bridgehead atoms. The van der Waals surface area contributed by atoms with E-state index in [0.29, 0.717) is 11.4 Å². The number of rotatable bonds is 6. The van der Waals surface area contributed by atoms with Crippen LogP contribution in [0.2, 0.25) is 0 Å². The van der Waals surface area contributed by atoms with Gasteiger partial charge in [-0.25, -0.2) is 9.78 Å². The maximum Gasteiger partial charge on any atom is 0.328 e.